The highest BCUT2D eigenvalue weighted by molar-refractivity contribution is 5.80. The highest BCUT2D eigenvalue weighted by atomic mass is 19.4. The number of rotatable bonds is 4. The molecule has 1 saturated carbocycles. The van der Waals surface area contributed by atoms with Crippen LogP contribution in [0, 0.1) is 11.8 Å². The van der Waals surface area contributed by atoms with E-state index in [1.807, 2.05) is 7.05 Å². The van der Waals surface area contributed by atoms with Crippen molar-refractivity contribution in [2.75, 3.05) is 20.1 Å². The van der Waals surface area contributed by atoms with Crippen molar-refractivity contribution in [2.24, 2.45) is 11.8 Å². The summed E-state index contributed by atoms with van der Waals surface area (Å²) in [6.07, 6.45) is -0.356. The zero-order valence-corrected chi connectivity index (χ0v) is 13.8. The summed E-state index contributed by atoms with van der Waals surface area (Å²) in [5.41, 5.74) is 0.263. The molecule has 3 rings (SSSR count). The second-order valence-corrected chi connectivity index (χ2v) is 6.97. The van der Waals surface area contributed by atoms with Gasteiger partial charge in [0.1, 0.15) is 0 Å². The topological polar surface area (TPSA) is 32.3 Å². The second kappa shape index (κ2) is 6.75. The molecule has 3 nitrogen and oxygen atoms in total. The first kappa shape index (κ1) is 17.3. The van der Waals surface area contributed by atoms with Crippen LogP contribution in [0.25, 0.3) is 0 Å². The Hall–Kier alpha value is -1.56. The Labute approximate surface area is 140 Å². The molecule has 2 aliphatic rings. The van der Waals surface area contributed by atoms with Crippen molar-refractivity contribution in [3.8, 4) is 0 Å². The Balaban J connectivity index is 1.72. The quantitative estimate of drug-likeness (QED) is 0.908. The molecule has 24 heavy (non-hydrogen) atoms. The Morgan fingerprint density at radius 1 is 1.21 bits per heavy atom. The van der Waals surface area contributed by atoms with Gasteiger partial charge >= 0.3 is 6.18 Å². The van der Waals surface area contributed by atoms with Crippen LogP contribution in [0.3, 0.4) is 0 Å². The van der Waals surface area contributed by atoms with Gasteiger partial charge in [0.25, 0.3) is 0 Å². The van der Waals surface area contributed by atoms with Crippen molar-refractivity contribution in [2.45, 2.75) is 37.9 Å². The lowest BCUT2D eigenvalue weighted by molar-refractivity contribution is -0.137. The fraction of sp³-hybridized carbons (Fsp3) is 0.611. The van der Waals surface area contributed by atoms with Gasteiger partial charge in [-0.25, -0.2) is 0 Å². The van der Waals surface area contributed by atoms with Crippen LogP contribution in [-0.2, 0) is 11.0 Å². The molecule has 1 aliphatic carbocycles. The lowest BCUT2D eigenvalue weighted by Gasteiger charge is -2.39. The van der Waals surface area contributed by atoms with Crippen LogP contribution in [0.1, 0.15) is 42.9 Å². The van der Waals surface area contributed by atoms with E-state index in [2.05, 4.69) is 10.2 Å². The maximum Gasteiger partial charge on any atom is 0.416 e. The standard InChI is InChI=1S/C18H23F3N2O/c1-23-10-2-3-14(11-22-17(24)13-4-5-13)16(23)12-6-8-15(9-7-12)18(19,20)21/h6-9,13-14,16H,2-5,10-11H2,1H3,(H,22,24)/t14-,16-/m0/s1. The van der Waals surface area contributed by atoms with Crippen molar-refractivity contribution in [3.63, 3.8) is 0 Å². The van der Waals surface area contributed by atoms with Crippen LogP contribution in [0.5, 0.6) is 0 Å². The number of hydrogen-bond acceptors (Lipinski definition) is 2. The molecule has 2 atom stereocenters. The summed E-state index contributed by atoms with van der Waals surface area (Å²) in [4.78, 5) is 14.1. The van der Waals surface area contributed by atoms with E-state index in [0.29, 0.717) is 6.54 Å². The van der Waals surface area contributed by atoms with Crippen LogP contribution in [0.4, 0.5) is 13.2 Å². The van der Waals surface area contributed by atoms with Crippen LogP contribution >= 0.6 is 0 Å². The van der Waals surface area contributed by atoms with Crippen molar-refractivity contribution in [3.05, 3.63) is 35.4 Å². The number of amides is 1. The van der Waals surface area contributed by atoms with Crippen LogP contribution in [0.15, 0.2) is 24.3 Å². The molecular formula is C18H23F3N2O. The number of alkyl halides is 3. The minimum atomic E-state index is -4.31. The normalized spacial score (nSPS) is 25.5. The average molecular weight is 340 g/mol. The van der Waals surface area contributed by atoms with E-state index < -0.39 is 11.7 Å². The Kier molecular flexibility index (Phi) is 4.85. The van der Waals surface area contributed by atoms with E-state index in [1.165, 1.54) is 0 Å². The average Bonchev–Trinajstić information content (AvgIpc) is 3.37. The summed E-state index contributed by atoms with van der Waals surface area (Å²) in [6, 6.07) is 5.49. The molecule has 2 fully saturated rings. The number of piperidine rings is 1. The molecule has 1 aliphatic heterocycles. The van der Waals surface area contributed by atoms with Gasteiger partial charge in [-0.05, 0) is 62.9 Å². The number of benzene rings is 1. The van der Waals surface area contributed by atoms with Gasteiger partial charge < -0.3 is 5.32 Å². The number of nitrogens with zero attached hydrogens (tertiary/aromatic N) is 1. The number of carbonyl (C=O) groups is 1. The summed E-state index contributed by atoms with van der Waals surface area (Å²) in [6.45, 7) is 1.50. The van der Waals surface area contributed by atoms with Crippen molar-refractivity contribution >= 4 is 5.91 Å². The number of nitrogens with one attached hydrogen (secondary N) is 1. The van der Waals surface area contributed by atoms with Gasteiger partial charge in [-0.15, -0.1) is 0 Å². The maximum atomic E-state index is 12.7. The van der Waals surface area contributed by atoms with E-state index >= 15 is 0 Å². The molecule has 0 bridgehead atoms. The first-order valence-corrected chi connectivity index (χ1v) is 8.51. The molecule has 1 heterocycles. The van der Waals surface area contributed by atoms with Gasteiger partial charge in [0.15, 0.2) is 0 Å². The lowest BCUT2D eigenvalue weighted by Crippen LogP contribution is -2.42. The summed E-state index contributed by atoms with van der Waals surface area (Å²) >= 11 is 0. The molecule has 0 aromatic heterocycles. The third-order valence-corrected chi connectivity index (χ3v) is 5.07. The van der Waals surface area contributed by atoms with E-state index in [9.17, 15) is 18.0 Å². The first-order valence-electron chi connectivity index (χ1n) is 8.51. The van der Waals surface area contributed by atoms with Crippen molar-refractivity contribution in [1.29, 1.82) is 0 Å². The summed E-state index contributed by atoms with van der Waals surface area (Å²) in [5, 5.41) is 3.02. The summed E-state index contributed by atoms with van der Waals surface area (Å²) in [5.74, 6) is 0.522. The maximum absolute atomic E-state index is 12.7. The number of halogens is 3. The van der Waals surface area contributed by atoms with Crippen LogP contribution in [-0.4, -0.2) is 30.9 Å². The molecule has 1 saturated heterocycles. The number of hydrogen-bond donors (Lipinski definition) is 1. The van der Waals surface area contributed by atoms with Crippen LogP contribution < -0.4 is 5.32 Å². The molecule has 0 radical (unpaired) electrons. The highest BCUT2D eigenvalue weighted by Gasteiger charge is 2.35. The largest absolute Gasteiger partial charge is 0.416 e. The minimum Gasteiger partial charge on any atom is -0.356 e. The van der Waals surface area contributed by atoms with Crippen molar-refractivity contribution in [1.82, 2.24) is 10.2 Å². The Morgan fingerprint density at radius 3 is 2.46 bits per heavy atom. The zero-order valence-electron chi connectivity index (χ0n) is 13.8. The van der Waals surface area contributed by atoms with Crippen molar-refractivity contribution < 1.29 is 18.0 Å². The van der Waals surface area contributed by atoms with Gasteiger partial charge in [-0.3, -0.25) is 9.69 Å². The fourth-order valence-corrected chi connectivity index (χ4v) is 3.59. The molecule has 1 aromatic carbocycles. The van der Waals surface area contributed by atoms with Crippen LogP contribution in [0.2, 0.25) is 0 Å². The zero-order chi connectivity index (χ0) is 17.3. The SMILES string of the molecule is CN1CCC[C@@H](CNC(=O)C2CC2)[C@@H]1c1ccc(C(F)(F)F)cc1. The smallest absolute Gasteiger partial charge is 0.356 e. The molecule has 0 unspecified atom stereocenters. The molecule has 1 N–H and O–H groups in total. The van der Waals surface area contributed by atoms with E-state index in [0.717, 1.165) is 49.9 Å². The fourth-order valence-electron chi connectivity index (χ4n) is 3.59. The summed E-state index contributed by atoms with van der Waals surface area (Å²) < 4.78 is 38.2. The van der Waals surface area contributed by atoms with Gasteiger partial charge in [0.2, 0.25) is 5.91 Å². The van der Waals surface area contributed by atoms with Gasteiger partial charge in [0.05, 0.1) is 5.56 Å². The molecule has 1 aromatic rings. The lowest BCUT2D eigenvalue weighted by atomic mass is 9.84. The Bertz CT molecular complexity index is 581. The molecular weight excluding hydrogens is 317 g/mol. The highest BCUT2D eigenvalue weighted by Crippen LogP contribution is 2.37. The number of carbonyl (C=O) groups excluding carboxylic acids is 1. The van der Waals surface area contributed by atoms with E-state index in [-0.39, 0.29) is 23.8 Å². The molecule has 6 heteroatoms. The minimum absolute atomic E-state index is 0.0422. The van der Waals surface area contributed by atoms with E-state index in [1.54, 1.807) is 12.1 Å². The first-order chi connectivity index (χ1) is 11.4. The Morgan fingerprint density at radius 2 is 1.88 bits per heavy atom. The molecule has 1 amide bonds. The van der Waals surface area contributed by atoms with E-state index in [4.69, 9.17) is 0 Å². The monoisotopic (exact) mass is 340 g/mol. The van der Waals surface area contributed by atoms with Gasteiger partial charge in [0, 0.05) is 18.5 Å². The predicted molar refractivity (Wildman–Crippen MR) is 85.3 cm³/mol. The third kappa shape index (κ3) is 3.91. The predicted octanol–water partition coefficient (Wildman–Crippen LogP) is 3.61. The van der Waals surface area contributed by atoms with Gasteiger partial charge in [-0.1, -0.05) is 12.1 Å². The van der Waals surface area contributed by atoms with Gasteiger partial charge in [-0.2, -0.15) is 13.2 Å². The third-order valence-electron chi connectivity index (χ3n) is 5.07. The second-order valence-electron chi connectivity index (χ2n) is 6.97. The number of likely N-dealkylation sites (tertiary alicyclic amines) is 1. The molecule has 0 spiro atoms. The molecule has 132 valence electrons. The summed E-state index contributed by atoms with van der Waals surface area (Å²) in [7, 11) is 2.00.